The lowest BCUT2D eigenvalue weighted by molar-refractivity contribution is -0.123. The van der Waals surface area contributed by atoms with Crippen LogP contribution in [0, 0.1) is 17.8 Å². The standard InChI is InChI=1S/C23H33N3O4/c1-15(2)12-25-13-19-20(14-25)23(24-21(19)27)5-7-26(8-6-23)22(28)16-9-17(29-3)11-18(10-16)30-4/h9-11,15,19-20H,5-8,12-14H2,1-4H3,(H,24,27)/t19-,20+/m1/s1. The van der Waals surface area contributed by atoms with Crippen molar-refractivity contribution in [2.45, 2.75) is 32.2 Å². The number of rotatable bonds is 5. The summed E-state index contributed by atoms with van der Waals surface area (Å²) in [4.78, 5) is 30.2. The van der Waals surface area contributed by atoms with E-state index in [0.29, 0.717) is 42.0 Å². The van der Waals surface area contributed by atoms with Crippen molar-refractivity contribution < 1.29 is 19.1 Å². The van der Waals surface area contributed by atoms with Crippen molar-refractivity contribution in [2.75, 3.05) is 46.9 Å². The van der Waals surface area contributed by atoms with Gasteiger partial charge in [-0.2, -0.15) is 0 Å². The molecule has 3 heterocycles. The number of hydrogen-bond acceptors (Lipinski definition) is 5. The van der Waals surface area contributed by atoms with E-state index < -0.39 is 0 Å². The van der Waals surface area contributed by atoms with E-state index in [1.165, 1.54) is 0 Å². The Morgan fingerprint density at radius 2 is 1.77 bits per heavy atom. The van der Waals surface area contributed by atoms with E-state index in [9.17, 15) is 9.59 Å². The van der Waals surface area contributed by atoms with Crippen LogP contribution in [0.5, 0.6) is 11.5 Å². The number of methoxy groups -OCH3 is 2. The van der Waals surface area contributed by atoms with Gasteiger partial charge < -0.3 is 24.6 Å². The Bertz CT molecular complexity index is 794. The third-order valence-corrected chi connectivity index (χ3v) is 6.98. The topological polar surface area (TPSA) is 71.1 Å². The summed E-state index contributed by atoms with van der Waals surface area (Å²) in [7, 11) is 3.16. The zero-order valence-electron chi connectivity index (χ0n) is 18.4. The number of likely N-dealkylation sites (tertiary alicyclic amines) is 2. The highest BCUT2D eigenvalue weighted by atomic mass is 16.5. The lowest BCUT2D eigenvalue weighted by atomic mass is 9.75. The maximum absolute atomic E-state index is 13.1. The van der Waals surface area contributed by atoms with Crippen LogP contribution in [0.3, 0.4) is 0 Å². The lowest BCUT2D eigenvalue weighted by Crippen LogP contribution is -2.56. The average molecular weight is 416 g/mol. The van der Waals surface area contributed by atoms with Crippen molar-refractivity contribution in [3.63, 3.8) is 0 Å². The maximum atomic E-state index is 13.1. The number of ether oxygens (including phenoxy) is 2. The Kier molecular flexibility index (Phi) is 5.66. The summed E-state index contributed by atoms with van der Waals surface area (Å²) in [5.41, 5.74) is 0.399. The van der Waals surface area contributed by atoms with Crippen LogP contribution in [0.2, 0.25) is 0 Å². The van der Waals surface area contributed by atoms with Crippen LogP contribution in [0.15, 0.2) is 18.2 Å². The van der Waals surface area contributed by atoms with Gasteiger partial charge in [0.25, 0.3) is 5.91 Å². The van der Waals surface area contributed by atoms with Crippen molar-refractivity contribution >= 4 is 11.8 Å². The lowest BCUT2D eigenvalue weighted by Gasteiger charge is -2.43. The number of hydrogen-bond donors (Lipinski definition) is 1. The van der Waals surface area contributed by atoms with Gasteiger partial charge in [-0.05, 0) is 30.9 Å². The molecule has 0 unspecified atom stereocenters. The molecule has 1 aromatic rings. The molecule has 4 rings (SSSR count). The molecular weight excluding hydrogens is 382 g/mol. The van der Waals surface area contributed by atoms with E-state index in [0.717, 1.165) is 32.5 Å². The van der Waals surface area contributed by atoms with Gasteiger partial charge in [-0.15, -0.1) is 0 Å². The molecule has 3 aliphatic heterocycles. The van der Waals surface area contributed by atoms with Crippen LogP contribution >= 0.6 is 0 Å². The predicted molar refractivity (Wildman–Crippen MR) is 114 cm³/mol. The summed E-state index contributed by atoms with van der Waals surface area (Å²) in [6.07, 6.45) is 1.62. The summed E-state index contributed by atoms with van der Waals surface area (Å²) in [6, 6.07) is 5.27. The van der Waals surface area contributed by atoms with Crippen molar-refractivity contribution in [1.82, 2.24) is 15.1 Å². The number of carbonyl (C=O) groups excluding carboxylic acids is 2. The van der Waals surface area contributed by atoms with Crippen LogP contribution in [-0.4, -0.2) is 74.1 Å². The first kappa shape index (κ1) is 21.0. The molecule has 7 heteroatoms. The normalized spacial score (nSPS) is 25.5. The summed E-state index contributed by atoms with van der Waals surface area (Å²) < 4.78 is 10.6. The number of piperidine rings is 1. The van der Waals surface area contributed by atoms with Crippen molar-refractivity contribution in [1.29, 1.82) is 0 Å². The molecule has 2 amide bonds. The minimum atomic E-state index is -0.170. The number of benzene rings is 1. The molecule has 30 heavy (non-hydrogen) atoms. The van der Waals surface area contributed by atoms with Gasteiger partial charge in [0.05, 0.1) is 20.1 Å². The molecule has 2 atom stereocenters. The van der Waals surface area contributed by atoms with Crippen LogP contribution in [0.1, 0.15) is 37.0 Å². The van der Waals surface area contributed by atoms with Crippen LogP contribution < -0.4 is 14.8 Å². The third kappa shape index (κ3) is 3.75. The molecular formula is C23H33N3O4. The summed E-state index contributed by atoms with van der Waals surface area (Å²) in [5, 5.41) is 3.34. The monoisotopic (exact) mass is 415 g/mol. The molecule has 164 valence electrons. The summed E-state index contributed by atoms with van der Waals surface area (Å²) >= 11 is 0. The van der Waals surface area contributed by atoms with Gasteiger partial charge in [-0.25, -0.2) is 0 Å². The van der Waals surface area contributed by atoms with E-state index in [2.05, 4.69) is 24.1 Å². The largest absolute Gasteiger partial charge is 0.497 e. The van der Waals surface area contributed by atoms with E-state index in [1.807, 2.05) is 4.90 Å². The molecule has 1 N–H and O–H groups in total. The molecule has 0 aliphatic carbocycles. The Morgan fingerprint density at radius 1 is 1.13 bits per heavy atom. The first-order valence-electron chi connectivity index (χ1n) is 10.9. The van der Waals surface area contributed by atoms with E-state index in [1.54, 1.807) is 32.4 Å². The fourth-order valence-corrected chi connectivity index (χ4v) is 5.53. The average Bonchev–Trinajstić information content (AvgIpc) is 3.26. The Morgan fingerprint density at radius 3 is 2.33 bits per heavy atom. The highest BCUT2D eigenvalue weighted by molar-refractivity contribution is 5.95. The third-order valence-electron chi connectivity index (χ3n) is 6.98. The SMILES string of the molecule is COc1cc(OC)cc(C(=O)N2CCC3(CC2)NC(=O)[C@@H]2CN(CC(C)C)C[C@@H]23)c1. The van der Waals surface area contributed by atoms with Crippen molar-refractivity contribution in [3.8, 4) is 11.5 Å². The number of amides is 2. The number of fused-ring (bicyclic) bond motifs is 2. The second-order valence-corrected chi connectivity index (χ2v) is 9.36. The minimum Gasteiger partial charge on any atom is -0.497 e. The molecule has 0 saturated carbocycles. The van der Waals surface area contributed by atoms with Gasteiger partial charge in [0.2, 0.25) is 5.91 Å². The molecule has 3 aliphatic rings. The van der Waals surface area contributed by atoms with Gasteiger partial charge in [0.1, 0.15) is 11.5 Å². The van der Waals surface area contributed by atoms with Crippen LogP contribution in [-0.2, 0) is 4.79 Å². The Balaban J connectivity index is 1.45. The van der Waals surface area contributed by atoms with Gasteiger partial charge in [0, 0.05) is 55.8 Å². The van der Waals surface area contributed by atoms with Crippen molar-refractivity contribution in [2.24, 2.45) is 17.8 Å². The fourth-order valence-electron chi connectivity index (χ4n) is 5.53. The summed E-state index contributed by atoms with van der Waals surface area (Å²) in [5.74, 6) is 2.43. The highest BCUT2D eigenvalue weighted by Gasteiger charge is 2.57. The molecule has 3 saturated heterocycles. The van der Waals surface area contributed by atoms with Crippen LogP contribution in [0.25, 0.3) is 0 Å². The fraction of sp³-hybridized carbons (Fsp3) is 0.652. The second kappa shape index (κ2) is 8.10. The van der Waals surface area contributed by atoms with Crippen LogP contribution in [0.4, 0.5) is 0 Å². The Hall–Kier alpha value is -2.28. The number of carbonyl (C=O) groups is 2. The van der Waals surface area contributed by atoms with Gasteiger partial charge in [-0.3, -0.25) is 9.59 Å². The van der Waals surface area contributed by atoms with E-state index >= 15 is 0 Å². The van der Waals surface area contributed by atoms with Gasteiger partial charge >= 0.3 is 0 Å². The van der Waals surface area contributed by atoms with E-state index in [-0.39, 0.29) is 23.3 Å². The second-order valence-electron chi connectivity index (χ2n) is 9.36. The minimum absolute atomic E-state index is 0.0178. The maximum Gasteiger partial charge on any atom is 0.254 e. The quantitative estimate of drug-likeness (QED) is 0.797. The number of nitrogens with one attached hydrogen (secondary N) is 1. The molecule has 0 bridgehead atoms. The molecule has 0 aromatic heterocycles. The van der Waals surface area contributed by atoms with Gasteiger partial charge in [-0.1, -0.05) is 13.8 Å². The smallest absolute Gasteiger partial charge is 0.254 e. The molecule has 1 spiro atoms. The molecule has 1 aromatic carbocycles. The number of nitrogens with zero attached hydrogens (tertiary/aromatic N) is 2. The first-order chi connectivity index (χ1) is 14.3. The van der Waals surface area contributed by atoms with Crippen molar-refractivity contribution in [3.05, 3.63) is 23.8 Å². The molecule has 7 nitrogen and oxygen atoms in total. The zero-order chi connectivity index (χ0) is 21.5. The van der Waals surface area contributed by atoms with Gasteiger partial charge in [0.15, 0.2) is 0 Å². The Labute approximate surface area is 178 Å². The van der Waals surface area contributed by atoms with E-state index in [4.69, 9.17) is 9.47 Å². The molecule has 0 radical (unpaired) electrons. The highest BCUT2D eigenvalue weighted by Crippen LogP contribution is 2.44. The molecule has 3 fully saturated rings. The predicted octanol–water partition coefficient (Wildman–Crippen LogP) is 2.01. The first-order valence-corrected chi connectivity index (χ1v) is 10.9. The zero-order valence-corrected chi connectivity index (χ0v) is 18.4. The summed E-state index contributed by atoms with van der Waals surface area (Å²) in [6.45, 7) is 8.62.